The van der Waals surface area contributed by atoms with Crippen LogP contribution < -0.4 is 4.90 Å². The number of aliphatic carboxylic acids is 1. The Morgan fingerprint density at radius 2 is 1.82 bits per heavy atom. The molecule has 0 unspecified atom stereocenters. The van der Waals surface area contributed by atoms with E-state index in [1.165, 1.54) is 23.1 Å². The van der Waals surface area contributed by atoms with Gasteiger partial charge in [0.05, 0.1) is 21.9 Å². The van der Waals surface area contributed by atoms with Crippen LogP contribution in [0.1, 0.15) is 29.7 Å². The summed E-state index contributed by atoms with van der Waals surface area (Å²) in [7, 11) is -1.39. The van der Waals surface area contributed by atoms with Crippen LogP contribution in [0, 0.1) is 6.92 Å². The third kappa shape index (κ3) is 8.23. The van der Waals surface area contributed by atoms with E-state index in [4.69, 9.17) is 9.90 Å². The van der Waals surface area contributed by atoms with E-state index >= 15 is 0 Å². The summed E-state index contributed by atoms with van der Waals surface area (Å²) in [4.78, 5) is 22.5. The van der Waals surface area contributed by atoms with Gasteiger partial charge in [-0.2, -0.15) is 13.2 Å². The Kier molecular flexibility index (Phi) is 9.85. The molecule has 3 heterocycles. The zero-order valence-electron chi connectivity index (χ0n) is 20.9. The number of carboxylic acid groups (broad SMARTS) is 1. The number of alkyl halides is 3. The van der Waals surface area contributed by atoms with E-state index in [0.29, 0.717) is 11.7 Å². The number of hydrogen-bond acceptors (Lipinski definition) is 8. The highest BCUT2D eigenvalue weighted by Crippen LogP contribution is 2.26. The van der Waals surface area contributed by atoms with Gasteiger partial charge in [-0.05, 0) is 37.0 Å². The van der Waals surface area contributed by atoms with Crippen molar-refractivity contribution in [1.82, 2.24) is 14.9 Å². The number of halogens is 3. The number of carboxylic acids is 1. The molecule has 0 aliphatic carbocycles. The number of benzene rings is 1. The van der Waals surface area contributed by atoms with Crippen molar-refractivity contribution in [3.05, 3.63) is 70.3 Å². The Balaban J connectivity index is 0.000000505. The van der Waals surface area contributed by atoms with Gasteiger partial charge in [-0.1, -0.05) is 30.3 Å². The van der Waals surface area contributed by atoms with Crippen molar-refractivity contribution in [2.24, 2.45) is 0 Å². The second kappa shape index (κ2) is 12.7. The molecule has 0 atom stereocenters. The van der Waals surface area contributed by atoms with Crippen molar-refractivity contribution in [2.45, 2.75) is 49.2 Å². The molecule has 8 nitrogen and oxygen atoms in total. The minimum Gasteiger partial charge on any atom is -0.475 e. The summed E-state index contributed by atoms with van der Waals surface area (Å²) in [6, 6.07) is 12.7. The Bertz CT molecular complexity index is 1300. The quantitative estimate of drug-likeness (QED) is 0.441. The summed E-state index contributed by atoms with van der Waals surface area (Å²) in [6.45, 7) is 5.01. The lowest BCUT2D eigenvalue weighted by atomic mass is 10.0. The number of aryl methyl sites for hydroxylation is 1. The van der Waals surface area contributed by atoms with Crippen LogP contribution in [0.3, 0.4) is 0 Å². The van der Waals surface area contributed by atoms with Crippen LogP contribution in [0.2, 0.25) is 0 Å². The number of carbonyl (C=O) groups is 1. The summed E-state index contributed by atoms with van der Waals surface area (Å²) in [5, 5.41) is 8.89. The van der Waals surface area contributed by atoms with Gasteiger partial charge < -0.3 is 10.0 Å². The highest BCUT2D eigenvalue weighted by molar-refractivity contribution is 7.90. The lowest BCUT2D eigenvalue weighted by Gasteiger charge is -2.37. The number of likely N-dealkylation sites (tertiary alicyclic amines) is 1. The largest absolute Gasteiger partial charge is 0.490 e. The van der Waals surface area contributed by atoms with Crippen LogP contribution in [0.15, 0.2) is 58.4 Å². The Labute approximate surface area is 223 Å². The number of pyridine rings is 1. The van der Waals surface area contributed by atoms with E-state index in [1.807, 2.05) is 6.92 Å². The average molecular weight is 571 g/mol. The molecule has 0 amide bonds. The molecule has 1 aliphatic heterocycles. The minimum atomic E-state index is -5.08. The molecular formula is C25H29F3N4O4S2. The fourth-order valence-corrected chi connectivity index (χ4v) is 6.09. The molecule has 1 N–H and O–H groups in total. The SMILES string of the molecule is Cc1cc(S(=O)(=O)Cc2cscn2)cnc1N(C)C1CCN(Cc2ccccc2)CC1.O=C(O)C(F)(F)F. The second-order valence-electron chi connectivity index (χ2n) is 8.96. The molecule has 4 rings (SSSR count). The molecule has 13 heteroatoms. The molecule has 1 saturated heterocycles. The molecule has 3 aromatic rings. The van der Waals surface area contributed by atoms with E-state index in [2.05, 4.69) is 57.1 Å². The Morgan fingerprint density at radius 1 is 1.18 bits per heavy atom. The fraction of sp³-hybridized carbons (Fsp3) is 0.400. The predicted molar refractivity (Wildman–Crippen MR) is 139 cm³/mol. The molecule has 0 bridgehead atoms. The summed E-state index contributed by atoms with van der Waals surface area (Å²) < 4.78 is 57.2. The maximum Gasteiger partial charge on any atom is 0.490 e. The number of rotatable bonds is 7. The first-order valence-corrected chi connectivity index (χ1v) is 14.3. The zero-order valence-corrected chi connectivity index (χ0v) is 22.6. The monoisotopic (exact) mass is 570 g/mol. The highest BCUT2D eigenvalue weighted by Gasteiger charge is 2.38. The van der Waals surface area contributed by atoms with Crippen molar-refractivity contribution >= 4 is 33.0 Å². The smallest absolute Gasteiger partial charge is 0.475 e. The molecule has 38 heavy (non-hydrogen) atoms. The molecule has 1 aromatic carbocycles. The van der Waals surface area contributed by atoms with Gasteiger partial charge in [0, 0.05) is 44.3 Å². The van der Waals surface area contributed by atoms with Crippen LogP contribution >= 0.6 is 11.3 Å². The lowest BCUT2D eigenvalue weighted by molar-refractivity contribution is -0.192. The first kappa shape index (κ1) is 29.5. The maximum absolute atomic E-state index is 12.7. The number of hydrogen-bond donors (Lipinski definition) is 1. The zero-order chi connectivity index (χ0) is 27.9. The van der Waals surface area contributed by atoms with Crippen molar-refractivity contribution in [3.8, 4) is 0 Å². The maximum atomic E-state index is 12.7. The number of aromatic nitrogens is 2. The van der Waals surface area contributed by atoms with E-state index < -0.39 is 22.0 Å². The minimum absolute atomic E-state index is 0.0906. The van der Waals surface area contributed by atoms with Gasteiger partial charge in [0.2, 0.25) is 0 Å². The molecule has 206 valence electrons. The molecule has 0 spiro atoms. The third-order valence-corrected chi connectivity index (χ3v) is 8.39. The first-order valence-electron chi connectivity index (χ1n) is 11.7. The Hall–Kier alpha value is -3.03. The molecule has 0 saturated carbocycles. The summed E-state index contributed by atoms with van der Waals surface area (Å²) in [6.07, 6.45) is -1.46. The van der Waals surface area contributed by atoms with Gasteiger partial charge >= 0.3 is 12.1 Å². The van der Waals surface area contributed by atoms with Gasteiger partial charge in [0.25, 0.3) is 0 Å². The van der Waals surface area contributed by atoms with Gasteiger partial charge in [-0.3, -0.25) is 4.90 Å². The van der Waals surface area contributed by atoms with Crippen LogP contribution in [0.5, 0.6) is 0 Å². The molecular weight excluding hydrogens is 541 g/mol. The molecule has 2 aromatic heterocycles. The third-order valence-electron chi connectivity index (χ3n) is 6.14. The van der Waals surface area contributed by atoms with Crippen LogP contribution in [0.25, 0.3) is 0 Å². The average Bonchev–Trinajstić information content (AvgIpc) is 3.37. The van der Waals surface area contributed by atoms with Crippen LogP contribution in [0.4, 0.5) is 19.0 Å². The van der Waals surface area contributed by atoms with Gasteiger partial charge in [-0.15, -0.1) is 11.3 Å². The van der Waals surface area contributed by atoms with Crippen LogP contribution in [-0.4, -0.2) is 66.7 Å². The lowest BCUT2D eigenvalue weighted by Crippen LogP contribution is -2.43. The Morgan fingerprint density at radius 3 is 2.34 bits per heavy atom. The van der Waals surface area contributed by atoms with Crippen molar-refractivity contribution in [3.63, 3.8) is 0 Å². The standard InChI is InChI=1S/C23H28N4O2S2.C2HF3O2/c1-18-12-22(31(28,29)16-20-15-30-17-25-20)13-24-23(18)26(2)21-8-10-27(11-9-21)14-19-6-4-3-5-7-19;3-2(4,5)1(6)7/h3-7,12-13,15,17,21H,8-11,14,16H2,1-2H3;(H,6,7). The normalized spacial score (nSPS) is 15.0. The molecule has 1 fully saturated rings. The number of sulfone groups is 1. The number of piperidine rings is 1. The number of anilines is 1. The first-order chi connectivity index (χ1) is 17.9. The molecule has 1 aliphatic rings. The van der Waals surface area contributed by atoms with Gasteiger partial charge in [0.15, 0.2) is 9.84 Å². The van der Waals surface area contributed by atoms with Crippen molar-refractivity contribution < 1.29 is 31.5 Å². The van der Waals surface area contributed by atoms with Crippen molar-refractivity contribution in [1.29, 1.82) is 0 Å². The molecule has 0 radical (unpaired) electrons. The number of nitrogens with zero attached hydrogens (tertiary/aromatic N) is 4. The van der Waals surface area contributed by atoms with Gasteiger partial charge in [0.1, 0.15) is 5.82 Å². The van der Waals surface area contributed by atoms with E-state index in [-0.39, 0.29) is 10.6 Å². The summed E-state index contributed by atoms with van der Waals surface area (Å²) in [5.41, 5.74) is 4.46. The second-order valence-corrected chi connectivity index (χ2v) is 11.7. The highest BCUT2D eigenvalue weighted by atomic mass is 32.2. The van der Waals surface area contributed by atoms with Crippen molar-refractivity contribution in [2.75, 3.05) is 25.0 Å². The predicted octanol–water partition coefficient (Wildman–Crippen LogP) is 4.55. The van der Waals surface area contributed by atoms with E-state index in [0.717, 1.165) is 43.9 Å². The topological polar surface area (TPSA) is 104 Å². The van der Waals surface area contributed by atoms with Crippen LogP contribution in [-0.2, 0) is 26.9 Å². The number of thiazole rings is 1. The fourth-order valence-electron chi connectivity index (χ4n) is 4.15. The summed E-state index contributed by atoms with van der Waals surface area (Å²) >= 11 is 1.40. The van der Waals surface area contributed by atoms with E-state index in [9.17, 15) is 21.6 Å². The van der Waals surface area contributed by atoms with E-state index in [1.54, 1.807) is 17.0 Å². The summed E-state index contributed by atoms with van der Waals surface area (Å²) in [5.74, 6) is -1.99. The van der Waals surface area contributed by atoms with Gasteiger partial charge in [-0.25, -0.2) is 23.2 Å².